The van der Waals surface area contributed by atoms with Crippen molar-refractivity contribution in [3.8, 4) is 23.3 Å². The molecule has 0 unspecified atom stereocenters. The molecule has 3 rings (SSSR count). The van der Waals surface area contributed by atoms with E-state index in [4.69, 9.17) is 14.7 Å². The van der Waals surface area contributed by atoms with Crippen LogP contribution in [-0.4, -0.2) is 18.3 Å². The van der Waals surface area contributed by atoms with Gasteiger partial charge in [-0.1, -0.05) is 6.07 Å². The first kappa shape index (κ1) is 16.6. The minimum absolute atomic E-state index is 0.327. The number of hydrogen-bond donors (Lipinski definition) is 1. The summed E-state index contributed by atoms with van der Waals surface area (Å²) >= 11 is 0.855. The summed E-state index contributed by atoms with van der Waals surface area (Å²) < 4.78 is 11.1. The molecule has 0 aromatic heterocycles. The van der Waals surface area contributed by atoms with Crippen LogP contribution in [0.3, 0.4) is 0 Å². The van der Waals surface area contributed by atoms with Gasteiger partial charge in [-0.25, -0.2) is 0 Å². The average Bonchev–Trinajstić information content (AvgIpc) is 2.94. The van der Waals surface area contributed by atoms with Crippen molar-refractivity contribution >= 4 is 29.0 Å². The summed E-state index contributed by atoms with van der Waals surface area (Å²) in [6.45, 7) is 0. The number of benzene rings is 2. The van der Waals surface area contributed by atoms with Crippen LogP contribution < -0.4 is 14.8 Å². The molecule has 2 aromatic carbocycles. The van der Waals surface area contributed by atoms with Crippen molar-refractivity contribution in [3.05, 3.63) is 58.5 Å². The lowest BCUT2D eigenvalue weighted by molar-refractivity contribution is -0.115. The number of ether oxygens (including phenoxy) is 2. The highest BCUT2D eigenvalue weighted by atomic mass is 32.2. The van der Waals surface area contributed by atoms with Crippen LogP contribution in [0, 0.1) is 11.3 Å². The van der Waals surface area contributed by atoms with Gasteiger partial charge in [-0.05, 0) is 59.8 Å². The van der Waals surface area contributed by atoms with E-state index in [0.29, 0.717) is 33.3 Å². The van der Waals surface area contributed by atoms with Crippen molar-refractivity contribution in [1.82, 2.24) is 5.32 Å². The smallest absolute Gasteiger partial charge is 0.290 e. The summed E-state index contributed by atoms with van der Waals surface area (Å²) in [6.07, 6.45) is 1.61. The molecule has 25 heavy (non-hydrogen) atoms. The number of nitrogens with zero attached hydrogens (tertiary/aromatic N) is 1. The molecule has 1 aliphatic rings. The van der Waals surface area contributed by atoms with E-state index in [2.05, 4.69) is 5.32 Å². The molecule has 0 aliphatic carbocycles. The number of amides is 2. The Kier molecular flexibility index (Phi) is 4.73. The predicted octanol–water partition coefficient (Wildman–Crippen LogP) is 3.68. The van der Waals surface area contributed by atoms with Crippen molar-refractivity contribution in [2.75, 3.05) is 7.11 Å². The van der Waals surface area contributed by atoms with Gasteiger partial charge in [0.05, 0.1) is 23.6 Å². The quantitative estimate of drug-likeness (QED) is 0.845. The lowest BCUT2D eigenvalue weighted by atomic mass is 10.2. The highest BCUT2D eigenvalue weighted by molar-refractivity contribution is 8.18. The topological polar surface area (TPSA) is 88.4 Å². The van der Waals surface area contributed by atoms with Crippen molar-refractivity contribution < 1.29 is 19.1 Å². The highest BCUT2D eigenvalue weighted by Gasteiger charge is 2.25. The molecule has 1 heterocycles. The molecule has 0 saturated carbocycles. The van der Waals surface area contributed by atoms with Crippen molar-refractivity contribution in [2.24, 2.45) is 0 Å². The molecular formula is C18H12N2O4S. The molecule has 0 atom stereocenters. The number of hydrogen-bond acceptors (Lipinski definition) is 6. The van der Waals surface area contributed by atoms with Gasteiger partial charge in [0.15, 0.2) is 11.5 Å². The van der Waals surface area contributed by atoms with E-state index in [0.717, 1.165) is 11.8 Å². The van der Waals surface area contributed by atoms with Gasteiger partial charge < -0.3 is 9.47 Å². The van der Waals surface area contributed by atoms with E-state index >= 15 is 0 Å². The lowest BCUT2D eigenvalue weighted by Crippen LogP contribution is -2.17. The fraction of sp³-hybridized carbons (Fsp3) is 0.0556. The zero-order chi connectivity index (χ0) is 17.8. The van der Waals surface area contributed by atoms with Crippen LogP contribution in [0.4, 0.5) is 4.79 Å². The van der Waals surface area contributed by atoms with Gasteiger partial charge in [0.1, 0.15) is 5.75 Å². The number of carbonyl (C=O) groups is 2. The zero-order valence-electron chi connectivity index (χ0n) is 13.1. The van der Waals surface area contributed by atoms with Gasteiger partial charge in [0.25, 0.3) is 11.1 Å². The third kappa shape index (κ3) is 3.82. The van der Waals surface area contributed by atoms with Crippen LogP contribution in [0.1, 0.15) is 11.1 Å². The van der Waals surface area contributed by atoms with Crippen LogP contribution in [0.15, 0.2) is 47.4 Å². The summed E-state index contributed by atoms with van der Waals surface area (Å²) in [5.41, 5.74) is 1.25. The minimum Gasteiger partial charge on any atom is -0.493 e. The van der Waals surface area contributed by atoms with Crippen molar-refractivity contribution in [1.29, 1.82) is 5.26 Å². The van der Waals surface area contributed by atoms with Crippen LogP contribution in [0.25, 0.3) is 6.08 Å². The maximum atomic E-state index is 11.6. The second-order valence-electron chi connectivity index (χ2n) is 5.00. The molecule has 1 aliphatic heterocycles. The number of carbonyl (C=O) groups excluding carboxylic acids is 2. The molecule has 6 nitrogen and oxygen atoms in total. The third-order valence-electron chi connectivity index (χ3n) is 3.34. The van der Waals surface area contributed by atoms with Gasteiger partial charge in [-0.2, -0.15) is 5.26 Å². The summed E-state index contributed by atoms with van der Waals surface area (Å²) in [7, 11) is 1.51. The maximum Gasteiger partial charge on any atom is 0.290 e. The molecule has 0 bridgehead atoms. The van der Waals surface area contributed by atoms with Gasteiger partial charge in [-0.3, -0.25) is 14.9 Å². The molecule has 7 heteroatoms. The zero-order valence-corrected chi connectivity index (χ0v) is 13.9. The average molecular weight is 352 g/mol. The first-order chi connectivity index (χ1) is 12.1. The second kappa shape index (κ2) is 7.11. The molecule has 124 valence electrons. The SMILES string of the molecule is COc1cc(/C=C2\SC(=O)NC2=O)ccc1Oc1ccc(C#N)cc1. The van der Waals surface area contributed by atoms with E-state index < -0.39 is 5.91 Å². The van der Waals surface area contributed by atoms with Crippen molar-refractivity contribution in [2.45, 2.75) is 0 Å². The van der Waals surface area contributed by atoms with E-state index in [-0.39, 0.29) is 5.24 Å². The van der Waals surface area contributed by atoms with Crippen LogP contribution in [0.5, 0.6) is 17.2 Å². The van der Waals surface area contributed by atoms with Crippen LogP contribution >= 0.6 is 11.8 Å². The Balaban J connectivity index is 1.84. The van der Waals surface area contributed by atoms with Crippen LogP contribution in [0.2, 0.25) is 0 Å². The predicted molar refractivity (Wildman–Crippen MR) is 93.3 cm³/mol. The first-order valence-corrected chi connectivity index (χ1v) is 8.01. The molecule has 0 spiro atoms. The van der Waals surface area contributed by atoms with Gasteiger partial charge in [0.2, 0.25) is 0 Å². The Hall–Kier alpha value is -3.24. The minimum atomic E-state index is -0.410. The van der Waals surface area contributed by atoms with Gasteiger partial charge in [0, 0.05) is 0 Å². The fourth-order valence-electron chi connectivity index (χ4n) is 2.16. The maximum absolute atomic E-state index is 11.6. The Morgan fingerprint density at radius 2 is 1.88 bits per heavy atom. The van der Waals surface area contributed by atoms with E-state index in [1.54, 1.807) is 48.5 Å². The molecule has 0 radical (unpaired) electrons. The summed E-state index contributed by atoms with van der Waals surface area (Å²) in [4.78, 5) is 23.1. The standard InChI is InChI=1S/C18H12N2O4S/c1-23-15-8-12(9-16-17(21)20-18(22)25-16)4-7-14(15)24-13-5-2-11(10-19)3-6-13/h2-9H,1H3,(H,20,21,22)/b16-9-. The number of methoxy groups -OCH3 is 1. The fourth-order valence-corrected chi connectivity index (χ4v) is 2.84. The number of imide groups is 1. The van der Waals surface area contributed by atoms with Crippen LogP contribution in [-0.2, 0) is 4.79 Å². The van der Waals surface area contributed by atoms with E-state index in [9.17, 15) is 9.59 Å². The summed E-state index contributed by atoms with van der Waals surface area (Å²) in [5, 5.41) is 10.6. The second-order valence-corrected chi connectivity index (χ2v) is 6.02. The number of rotatable bonds is 4. The Morgan fingerprint density at radius 3 is 2.48 bits per heavy atom. The number of nitrogens with one attached hydrogen (secondary N) is 1. The Bertz CT molecular complexity index is 914. The van der Waals surface area contributed by atoms with Crippen molar-refractivity contribution in [3.63, 3.8) is 0 Å². The summed E-state index contributed by atoms with van der Waals surface area (Å²) in [6, 6.07) is 13.9. The Labute approximate surface area is 148 Å². The monoisotopic (exact) mass is 352 g/mol. The lowest BCUT2D eigenvalue weighted by Gasteiger charge is -2.11. The summed E-state index contributed by atoms with van der Waals surface area (Å²) in [5.74, 6) is 1.13. The molecular weight excluding hydrogens is 340 g/mol. The number of nitriles is 1. The molecule has 1 saturated heterocycles. The third-order valence-corrected chi connectivity index (χ3v) is 4.15. The van der Waals surface area contributed by atoms with E-state index in [1.165, 1.54) is 7.11 Å². The molecule has 2 aromatic rings. The van der Waals surface area contributed by atoms with Gasteiger partial charge in [-0.15, -0.1) is 0 Å². The molecule has 2 amide bonds. The van der Waals surface area contributed by atoms with Gasteiger partial charge >= 0.3 is 0 Å². The molecule has 1 N–H and O–H groups in total. The molecule has 1 fully saturated rings. The highest BCUT2D eigenvalue weighted by Crippen LogP contribution is 2.34. The number of thioether (sulfide) groups is 1. The largest absolute Gasteiger partial charge is 0.493 e. The normalized spacial score (nSPS) is 15.0. The van der Waals surface area contributed by atoms with E-state index in [1.807, 2.05) is 6.07 Å². The Morgan fingerprint density at radius 1 is 1.12 bits per heavy atom. The first-order valence-electron chi connectivity index (χ1n) is 7.20.